The number of hydrogen-bond acceptors (Lipinski definition) is 5. The van der Waals surface area contributed by atoms with E-state index < -0.39 is 0 Å². The van der Waals surface area contributed by atoms with Gasteiger partial charge < -0.3 is 9.47 Å². The van der Waals surface area contributed by atoms with Crippen LogP contribution in [-0.4, -0.2) is 37.6 Å². The highest BCUT2D eigenvalue weighted by atomic mass is 15.2. The number of piperidine rings is 1. The zero-order valence-corrected chi connectivity index (χ0v) is 17.0. The van der Waals surface area contributed by atoms with Crippen molar-refractivity contribution in [1.82, 2.24) is 24.5 Å². The van der Waals surface area contributed by atoms with Crippen molar-refractivity contribution in [1.29, 1.82) is 0 Å². The first kappa shape index (κ1) is 18.6. The van der Waals surface area contributed by atoms with Crippen LogP contribution in [0.25, 0.3) is 0 Å². The minimum Gasteiger partial charge on any atom is -0.356 e. The lowest BCUT2D eigenvalue weighted by Gasteiger charge is -2.35. The summed E-state index contributed by atoms with van der Waals surface area (Å²) in [6.07, 6.45) is 11.0. The highest BCUT2D eigenvalue weighted by Gasteiger charge is 2.27. The molecule has 3 aromatic rings. The van der Waals surface area contributed by atoms with Crippen LogP contribution in [0.15, 0.2) is 36.9 Å². The molecule has 1 aliphatic heterocycles. The number of aromatic nitrogens is 5. The summed E-state index contributed by atoms with van der Waals surface area (Å²) in [5.41, 5.74) is 3.62. The first-order valence-electron chi connectivity index (χ1n) is 10.1. The SMILES string of the molecule is CCc1c(C)nc(C)nc1N1CCC[C@@H](c2nccn2Cc2ccncc2)C1. The fourth-order valence-corrected chi connectivity index (χ4v) is 4.27. The van der Waals surface area contributed by atoms with Gasteiger partial charge >= 0.3 is 0 Å². The highest BCUT2D eigenvalue weighted by molar-refractivity contribution is 5.50. The van der Waals surface area contributed by atoms with Gasteiger partial charge in [-0.2, -0.15) is 0 Å². The highest BCUT2D eigenvalue weighted by Crippen LogP contribution is 2.31. The molecule has 0 unspecified atom stereocenters. The van der Waals surface area contributed by atoms with Gasteiger partial charge in [-0.25, -0.2) is 15.0 Å². The molecule has 4 heterocycles. The quantitative estimate of drug-likeness (QED) is 0.680. The molecule has 0 aromatic carbocycles. The van der Waals surface area contributed by atoms with Gasteiger partial charge in [0.25, 0.3) is 0 Å². The molecule has 0 bridgehead atoms. The fraction of sp³-hybridized carbons (Fsp3) is 0.455. The second kappa shape index (κ2) is 8.09. The van der Waals surface area contributed by atoms with Gasteiger partial charge in [0.15, 0.2) is 0 Å². The number of aryl methyl sites for hydroxylation is 2. The summed E-state index contributed by atoms with van der Waals surface area (Å²) in [6, 6.07) is 4.13. The molecule has 6 heteroatoms. The molecule has 0 saturated carbocycles. The van der Waals surface area contributed by atoms with Crippen LogP contribution < -0.4 is 4.90 Å². The Labute approximate surface area is 166 Å². The van der Waals surface area contributed by atoms with E-state index in [9.17, 15) is 0 Å². The summed E-state index contributed by atoms with van der Waals surface area (Å²) in [4.78, 5) is 20.7. The summed E-state index contributed by atoms with van der Waals surface area (Å²) in [6.45, 7) is 9.10. The van der Waals surface area contributed by atoms with E-state index in [0.717, 1.165) is 56.2 Å². The summed E-state index contributed by atoms with van der Waals surface area (Å²) < 4.78 is 2.28. The lowest BCUT2D eigenvalue weighted by molar-refractivity contribution is 0.472. The number of imidazole rings is 1. The van der Waals surface area contributed by atoms with Gasteiger partial charge in [-0.05, 0) is 50.8 Å². The standard InChI is InChI=1S/C22H28N6/c1-4-20-16(2)25-17(3)26-22(20)27-12-5-6-19(15-27)21-24-11-13-28(21)14-18-7-9-23-10-8-18/h7-11,13,19H,4-6,12,14-15H2,1-3H3/t19-/m1/s1. The van der Waals surface area contributed by atoms with Crippen LogP contribution in [-0.2, 0) is 13.0 Å². The average Bonchev–Trinajstić information content (AvgIpc) is 3.16. The molecule has 6 nitrogen and oxygen atoms in total. The van der Waals surface area contributed by atoms with Crippen LogP contribution in [0.5, 0.6) is 0 Å². The molecule has 0 spiro atoms. The molecule has 4 rings (SSSR count). The van der Waals surface area contributed by atoms with Gasteiger partial charge in [-0.3, -0.25) is 4.98 Å². The Morgan fingerprint density at radius 1 is 1.11 bits per heavy atom. The summed E-state index contributed by atoms with van der Waals surface area (Å²) in [5.74, 6) is 3.54. The first-order valence-corrected chi connectivity index (χ1v) is 10.1. The number of pyridine rings is 1. The van der Waals surface area contributed by atoms with Gasteiger partial charge in [-0.15, -0.1) is 0 Å². The molecule has 1 saturated heterocycles. The van der Waals surface area contributed by atoms with Crippen molar-refractivity contribution in [3.05, 3.63) is 65.4 Å². The van der Waals surface area contributed by atoms with Crippen LogP contribution in [0, 0.1) is 13.8 Å². The Balaban J connectivity index is 1.58. The zero-order chi connectivity index (χ0) is 19.5. The lowest BCUT2D eigenvalue weighted by atomic mass is 9.96. The number of hydrogen-bond donors (Lipinski definition) is 0. The van der Waals surface area contributed by atoms with E-state index >= 15 is 0 Å². The smallest absolute Gasteiger partial charge is 0.135 e. The third-order valence-electron chi connectivity index (χ3n) is 5.59. The van der Waals surface area contributed by atoms with Crippen molar-refractivity contribution < 1.29 is 0 Å². The van der Waals surface area contributed by atoms with Crippen molar-refractivity contribution in [3.8, 4) is 0 Å². The van der Waals surface area contributed by atoms with E-state index in [4.69, 9.17) is 9.97 Å². The molecular weight excluding hydrogens is 348 g/mol. The van der Waals surface area contributed by atoms with E-state index in [-0.39, 0.29) is 0 Å². The van der Waals surface area contributed by atoms with Crippen LogP contribution in [0.4, 0.5) is 5.82 Å². The molecule has 1 atom stereocenters. The van der Waals surface area contributed by atoms with Gasteiger partial charge in [0.2, 0.25) is 0 Å². The molecule has 146 valence electrons. The van der Waals surface area contributed by atoms with Crippen LogP contribution in [0.3, 0.4) is 0 Å². The molecule has 0 amide bonds. The van der Waals surface area contributed by atoms with Crippen molar-refractivity contribution in [3.63, 3.8) is 0 Å². The van der Waals surface area contributed by atoms with Crippen molar-refractivity contribution in [2.45, 2.75) is 52.5 Å². The minimum atomic E-state index is 0.408. The molecule has 1 fully saturated rings. The average molecular weight is 377 g/mol. The van der Waals surface area contributed by atoms with E-state index in [1.807, 2.05) is 25.5 Å². The third-order valence-corrected chi connectivity index (χ3v) is 5.59. The maximum absolute atomic E-state index is 4.82. The molecular formula is C22H28N6. The summed E-state index contributed by atoms with van der Waals surface area (Å²) in [5, 5.41) is 0. The lowest BCUT2D eigenvalue weighted by Crippen LogP contribution is -2.37. The molecule has 28 heavy (non-hydrogen) atoms. The van der Waals surface area contributed by atoms with E-state index in [1.54, 1.807) is 0 Å². The second-order valence-electron chi connectivity index (χ2n) is 7.57. The Morgan fingerprint density at radius 2 is 1.93 bits per heavy atom. The summed E-state index contributed by atoms with van der Waals surface area (Å²) >= 11 is 0. The molecule has 0 aliphatic carbocycles. The van der Waals surface area contributed by atoms with Gasteiger partial charge in [0, 0.05) is 61.6 Å². The number of anilines is 1. The van der Waals surface area contributed by atoms with Crippen molar-refractivity contribution in [2.75, 3.05) is 18.0 Å². The first-order chi connectivity index (χ1) is 13.7. The van der Waals surface area contributed by atoms with Crippen molar-refractivity contribution >= 4 is 5.82 Å². The van der Waals surface area contributed by atoms with Crippen LogP contribution in [0.2, 0.25) is 0 Å². The Bertz CT molecular complexity index is 933. The Morgan fingerprint density at radius 3 is 2.71 bits per heavy atom. The monoisotopic (exact) mass is 376 g/mol. The number of rotatable bonds is 5. The number of nitrogens with zero attached hydrogens (tertiary/aromatic N) is 6. The molecule has 1 aliphatic rings. The molecule has 0 radical (unpaired) electrons. The molecule has 3 aromatic heterocycles. The fourth-order valence-electron chi connectivity index (χ4n) is 4.27. The van der Waals surface area contributed by atoms with Crippen LogP contribution >= 0.6 is 0 Å². The van der Waals surface area contributed by atoms with Gasteiger partial charge in [-0.1, -0.05) is 6.92 Å². The summed E-state index contributed by atoms with van der Waals surface area (Å²) in [7, 11) is 0. The van der Waals surface area contributed by atoms with Crippen LogP contribution in [0.1, 0.15) is 54.2 Å². The van der Waals surface area contributed by atoms with Crippen molar-refractivity contribution in [2.24, 2.45) is 0 Å². The normalized spacial score (nSPS) is 17.1. The van der Waals surface area contributed by atoms with E-state index in [1.165, 1.54) is 17.0 Å². The largest absolute Gasteiger partial charge is 0.356 e. The predicted octanol–water partition coefficient (Wildman–Crippen LogP) is 3.68. The Kier molecular flexibility index (Phi) is 5.37. The minimum absolute atomic E-state index is 0.408. The maximum Gasteiger partial charge on any atom is 0.135 e. The third kappa shape index (κ3) is 3.77. The topological polar surface area (TPSA) is 59.7 Å². The molecule has 0 N–H and O–H groups in total. The van der Waals surface area contributed by atoms with Gasteiger partial charge in [0.1, 0.15) is 17.5 Å². The maximum atomic E-state index is 4.82. The van der Waals surface area contributed by atoms with E-state index in [0.29, 0.717) is 5.92 Å². The Hall–Kier alpha value is -2.76. The predicted molar refractivity (Wildman–Crippen MR) is 111 cm³/mol. The zero-order valence-electron chi connectivity index (χ0n) is 17.0. The van der Waals surface area contributed by atoms with E-state index in [2.05, 4.69) is 51.6 Å². The second-order valence-corrected chi connectivity index (χ2v) is 7.57. The van der Waals surface area contributed by atoms with Gasteiger partial charge in [0.05, 0.1) is 0 Å².